The van der Waals surface area contributed by atoms with Crippen molar-refractivity contribution >= 4 is 34.7 Å². The van der Waals surface area contributed by atoms with E-state index >= 15 is 0 Å². The molecule has 0 radical (unpaired) electrons. The number of benzene rings is 2. The van der Waals surface area contributed by atoms with Crippen LogP contribution in [0.1, 0.15) is 56.0 Å². The van der Waals surface area contributed by atoms with Crippen molar-refractivity contribution < 1.29 is 23.9 Å². The zero-order valence-electron chi connectivity index (χ0n) is 25.8. The number of para-hydroxylation sites is 1. The van der Waals surface area contributed by atoms with Crippen LogP contribution in [0.25, 0.3) is 10.9 Å². The molecule has 1 aliphatic heterocycles. The van der Waals surface area contributed by atoms with Gasteiger partial charge in [-0.15, -0.1) is 0 Å². The Kier molecular flexibility index (Phi) is 11.0. The summed E-state index contributed by atoms with van der Waals surface area (Å²) in [5.74, 6) is -1.09. The maximum atomic E-state index is 13.8. The molecule has 4 rings (SSSR count). The van der Waals surface area contributed by atoms with Gasteiger partial charge in [-0.25, -0.2) is 9.59 Å². The summed E-state index contributed by atoms with van der Waals surface area (Å²) in [6, 6.07) is 14.5. The molecule has 1 aromatic heterocycles. The molecule has 2 heterocycles. The van der Waals surface area contributed by atoms with E-state index in [-0.39, 0.29) is 12.3 Å². The average Bonchev–Trinajstić information content (AvgIpc) is 3.42. The first-order valence-corrected chi connectivity index (χ1v) is 15.2. The number of aromatic amines is 1. The molecule has 0 spiro atoms. The van der Waals surface area contributed by atoms with E-state index in [0.717, 1.165) is 16.5 Å². The monoisotopic (exact) mass is 604 g/mol. The van der Waals surface area contributed by atoms with Gasteiger partial charge >= 0.3 is 12.0 Å². The minimum Gasteiger partial charge on any atom is -0.458 e. The van der Waals surface area contributed by atoms with E-state index in [0.29, 0.717) is 57.5 Å². The molecule has 44 heavy (non-hydrogen) atoms. The van der Waals surface area contributed by atoms with E-state index in [4.69, 9.17) is 10.5 Å². The third-order valence-electron chi connectivity index (χ3n) is 7.54. The molecule has 1 aliphatic rings. The Morgan fingerprint density at radius 1 is 0.886 bits per heavy atom. The summed E-state index contributed by atoms with van der Waals surface area (Å²) in [4.78, 5) is 59.8. The number of fused-ring (bicyclic) bond motifs is 1. The van der Waals surface area contributed by atoms with Gasteiger partial charge in [0, 0.05) is 55.3 Å². The molecule has 0 aliphatic carbocycles. The maximum absolute atomic E-state index is 13.8. The second kappa shape index (κ2) is 14.9. The summed E-state index contributed by atoms with van der Waals surface area (Å²) >= 11 is 0. The van der Waals surface area contributed by atoms with E-state index in [1.54, 1.807) is 42.7 Å². The van der Waals surface area contributed by atoms with Gasteiger partial charge in [0.1, 0.15) is 17.7 Å². The number of H-pyrrole nitrogens is 1. The second-order valence-corrected chi connectivity index (χ2v) is 12.1. The number of esters is 1. The molecule has 5 N–H and O–H groups in total. The number of urea groups is 1. The number of nitrogens with two attached hydrogens (primary N) is 1. The molecule has 2 atom stereocenters. The fourth-order valence-electron chi connectivity index (χ4n) is 5.23. The summed E-state index contributed by atoms with van der Waals surface area (Å²) < 4.78 is 5.59. The van der Waals surface area contributed by atoms with Crippen molar-refractivity contribution in [2.24, 2.45) is 5.73 Å². The normalized spacial score (nSPS) is 15.0. The lowest BCUT2D eigenvalue weighted by Crippen LogP contribution is -2.58. The molecule has 0 unspecified atom stereocenters. The number of nitrogens with zero attached hydrogens (tertiary/aromatic N) is 2. The first-order valence-electron chi connectivity index (χ1n) is 15.2. The van der Waals surface area contributed by atoms with Crippen molar-refractivity contribution in [3.63, 3.8) is 0 Å². The molecule has 4 amide bonds. The van der Waals surface area contributed by atoms with Crippen LogP contribution in [0.3, 0.4) is 0 Å². The molecule has 236 valence electrons. The fraction of sp³-hybridized carbons (Fsp3) is 0.455. The van der Waals surface area contributed by atoms with Crippen LogP contribution in [0.4, 0.5) is 4.79 Å². The number of piperazine rings is 1. The molecule has 0 bridgehead atoms. The van der Waals surface area contributed by atoms with Gasteiger partial charge in [0.05, 0.1) is 0 Å². The molecule has 1 fully saturated rings. The Morgan fingerprint density at radius 3 is 2.23 bits per heavy atom. The first-order chi connectivity index (χ1) is 21.1. The predicted molar refractivity (Wildman–Crippen MR) is 169 cm³/mol. The van der Waals surface area contributed by atoms with Crippen LogP contribution in [0.5, 0.6) is 0 Å². The Balaban J connectivity index is 1.48. The van der Waals surface area contributed by atoms with Gasteiger partial charge in [-0.3, -0.25) is 9.59 Å². The van der Waals surface area contributed by atoms with Gasteiger partial charge in [0.2, 0.25) is 5.91 Å². The van der Waals surface area contributed by atoms with E-state index in [1.807, 2.05) is 48.7 Å². The van der Waals surface area contributed by atoms with Crippen LogP contribution in [-0.2, 0) is 20.7 Å². The van der Waals surface area contributed by atoms with Gasteiger partial charge in [-0.2, -0.15) is 0 Å². The van der Waals surface area contributed by atoms with Crippen molar-refractivity contribution in [3.8, 4) is 0 Å². The minimum absolute atomic E-state index is 0.0786. The third kappa shape index (κ3) is 8.82. The molecule has 0 saturated carbocycles. The number of nitrogens with one attached hydrogen (secondary N) is 3. The van der Waals surface area contributed by atoms with E-state index in [1.165, 1.54) is 0 Å². The second-order valence-electron chi connectivity index (χ2n) is 12.1. The zero-order valence-corrected chi connectivity index (χ0v) is 25.8. The van der Waals surface area contributed by atoms with Crippen LogP contribution in [0, 0.1) is 0 Å². The number of hydrogen-bond acceptors (Lipinski definition) is 6. The SMILES string of the molecule is CC(C)(C)OC(=O)[C@H](CCCCN)NC(=O)[C@H](Cc1c[nH]c2ccccc12)NC(=O)N1CCN(C(=O)c2ccccc2)CC1. The number of unbranched alkanes of at least 4 members (excludes halogenated alkanes) is 1. The Morgan fingerprint density at radius 2 is 1.55 bits per heavy atom. The van der Waals surface area contributed by atoms with Crippen molar-refractivity contribution in [3.05, 3.63) is 71.9 Å². The lowest BCUT2D eigenvalue weighted by molar-refractivity contribution is -0.159. The van der Waals surface area contributed by atoms with Gasteiger partial charge in [0.15, 0.2) is 0 Å². The molecular formula is C33H44N6O5. The van der Waals surface area contributed by atoms with Crippen molar-refractivity contribution in [1.82, 2.24) is 25.4 Å². The van der Waals surface area contributed by atoms with Crippen LogP contribution < -0.4 is 16.4 Å². The molecule has 3 aromatic rings. The molecular weight excluding hydrogens is 560 g/mol. The number of ether oxygens (including phenoxy) is 1. The maximum Gasteiger partial charge on any atom is 0.329 e. The summed E-state index contributed by atoms with van der Waals surface area (Å²) in [5.41, 5.74) is 7.32. The summed E-state index contributed by atoms with van der Waals surface area (Å²) in [6.45, 7) is 7.20. The number of carbonyl (C=O) groups excluding carboxylic acids is 4. The Labute approximate surface area is 258 Å². The van der Waals surface area contributed by atoms with E-state index < -0.39 is 35.6 Å². The number of rotatable bonds is 11. The minimum atomic E-state index is -0.967. The van der Waals surface area contributed by atoms with Crippen LogP contribution in [0.2, 0.25) is 0 Å². The van der Waals surface area contributed by atoms with Crippen molar-refractivity contribution in [2.45, 2.75) is 64.1 Å². The highest BCUT2D eigenvalue weighted by Crippen LogP contribution is 2.20. The Bertz CT molecular complexity index is 1430. The topological polar surface area (TPSA) is 150 Å². The van der Waals surface area contributed by atoms with Gasteiger partial charge in [-0.05, 0) is 70.3 Å². The molecule has 2 aromatic carbocycles. The lowest BCUT2D eigenvalue weighted by Gasteiger charge is -2.35. The third-order valence-corrected chi connectivity index (χ3v) is 7.54. The molecule has 11 heteroatoms. The highest BCUT2D eigenvalue weighted by molar-refractivity contribution is 5.94. The smallest absolute Gasteiger partial charge is 0.329 e. The van der Waals surface area contributed by atoms with Crippen LogP contribution >= 0.6 is 0 Å². The number of aromatic nitrogens is 1. The number of amides is 4. The highest BCUT2D eigenvalue weighted by atomic mass is 16.6. The molecule has 1 saturated heterocycles. The lowest BCUT2D eigenvalue weighted by atomic mass is 10.0. The summed E-state index contributed by atoms with van der Waals surface area (Å²) in [6.07, 6.45) is 3.73. The van der Waals surface area contributed by atoms with Crippen molar-refractivity contribution in [2.75, 3.05) is 32.7 Å². The first kappa shape index (κ1) is 32.5. The predicted octanol–water partition coefficient (Wildman–Crippen LogP) is 3.20. The average molecular weight is 605 g/mol. The Hall–Kier alpha value is -4.38. The van der Waals surface area contributed by atoms with Crippen LogP contribution in [-0.4, -0.2) is 89.0 Å². The number of carbonyl (C=O) groups is 4. The van der Waals surface area contributed by atoms with Crippen molar-refractivity contribution in [1.29, 1.82) is 0 Å². The quantitative estimate of drug-likeness (QED) is 0.195. The fourth-order valence-corrected chi connectivity index (χ4v) is 5.23. The van der Waals surface area contributed by atoms with Gasteiger partial charge in [0.25, 0.3) is 5.91 Å². The summed E-state index contributed by atoms with van der Waals surface area (Å²) in [5, 5.41) is 6.71. The zero-order chi connectivity index (χ0) is 31.7. The standard InChI is InChI=1S/C33H44N6O5/c1-33(2,3)44-31(42)27(15-9-10-16-34)36-29(40)28(21-24-22-35-26-14-8-7-13-25(24)26)37-32(43)39-19-17-38(18-20-39)30(41)23-11-5-4-6-12-23/h4-8,11-14,22,27-28,35H,9-10,15-21,34H2,1-3H3,(H,36,40)(H,37,43)/t27-,28-/m0/s1. The molecule has 11 nitrogen and oxygen atoms in total. The highest BCUT2D eigenvalue weighted by Gasteiger charge is 2.32. The van der Waals surface area contributed by atoms with Gasteiger partial charge < -0.3 is 35.9 Å². The van der Waals surface area contributed by atoms with E-state index in [2.05, 4.69) is 15.6 Å². The van der Waals surface area contributed by atoms with Gasteiger partial charge in [-0.1, -0.05) is 36.4 Å². The summed E-state index contributed by atoms with van der Waals surface area (Å²) in [7, 11) is 0. The van der Waals surface area contributed by atoms with E-state index in [9.17, 15) is 19.2 Å². The number of hydrogen-bond donors (Lipinski definition) is 4. The largest absolute Gasteiger partial charge is 0.458 e. The van der Waals surface area contributed by atoms with Crippen LogP contribution in [0.15, 0.2) is 60.8 Å².